The Morgan fingerprint density at radius 3 is 2.72 bits per heavy atom. The highest BCUT2D eigenvalue weighted by Crippen LogP contribution is 2.31. The van der Waals surface area contributed by atoms with E-state index >= 15 is 0 Å². The fourth-order valence-corrected chi connectivity index (χ4v) is 5.08. The second-order valence-corrected chi connectivity index (χ2v) is 9.42. The highest BCUT2D eigenvalue weighted by Gasteiger charge is 2.33. The van der Waals surface area contributed by atoms with Gasteiger partial charge in [0.15, 0.2) is 4.80 Å². The van der Waals surface area contributed by atoms with Gasteiger partial charge >= 0.3 is 5.97 Å². The molecule has 1 aliphatic rings. The number of thiazole rings is 1. The van der Waals surface area contributed by atoms with Crippen LogP contribution < -0.4 is 14.9 Å². The summed E-state index contributed by atoms with van der Waals surface area (Å²) in [7, 11) is 0. The highest BCUT2D eigenvalue weighted by molar-refractivity contribution is 9.10. The molecule has 1 N–H and O–H groups in total. The fraction of sp³-hybridized carbons (Fsp3) is 0.174. The number of fused-ring (bicyclic) bond motifs is 1. The van der Waals surface area contributed by atoms with Gasteiger partial charge in [0.25, 0.3) is 5.56 Å². The number of nitrogens with zero attached hydrogens (tertiary/aromatic N) is 2. The molecule has 2 aromatic carbocycles. The van der Waals surface area contributed by atoms with Crippen molar-refractivity contribution in [1.82, 2.24) is 4.57 Å². The summed E-state index contributed by atoms with van der Waals surface area (Å²) in [5.41, 5.74) is 1.68. The van der Waals surface area contributed by atoms with Crippen molar-refractivity contribution in [2.24, 2.45) is 4.99 Å². The third kappa shape index (κ3) is 4.18. The summed E-state index contributed by atoms with van der Waals surface area (Å²) in [4.78, 5) is 31.3. The van der Waals surface area contributed by atoms with Gasteiger partial charge in [0.1, 0.15) is 5.75 Å². The Hall–Kier alpha value is -2.68. The molecule has 0 bridgehead atoms. The number of phenolic OH excluding ortho intramolecular Hbond substituents is 1. The molecule has 9 heteroatoms. The van der Waals surface area contributed by atoms with Crippen molar-refractivity contribution >= 4 is 50.9 Å². The SMILES string of the molecule is CCOC(=O)C1=C(C)N=c2s/c(=C\c3cc(Br)ccc3O)c(=O)n2C1c1ccc(Cl)cc1. The Labute approximate surface area is 200 Å². The van der Waals surface area contributed by atoms with Gasteiger partial charge in [0, 0.05) is 15.1 Å². The molecular formula is C23H18BrClN2O4S. The molecule has 0 saturated carbocycles. The number of carbonyl (C=O) groups excluding carboxylic acids is 1. The van der Waals surface area contributed by atoms with Gasteiger partial charge in [-0.05, 0) is 55.8 Å². The Morgan fingerprint density at radius 1 is 1.31 bits per heavy atom. The van der Waals surface area contributed by atoms with Crippen LogP contribution in [0.2, 0.25) is 5.02 Å². The maximum absolute atomic E-state index is 13.5. The standard InChI is InChI=1S/C23H18BrClN2O4S/c1-3-31-22(30)19-12(2)26-23-27(20(19)13-4-7-16(25)8-5-13)21(29)18(32-23)11-14-10-15(24)6-9-17(14)28/h4-11,20,28H,3H2,1-2H3/b18-11-. The van der Waals surface area contributed by atoms with Gasteiger partial charge in [0.05, 0.1) is 28.5 Å². The summed E-state index contributed by atoms with van der Waals surface area (Å²) in [5.74, 6) is -0.468. The maximum Gasteiger partial charge on any atom is 0.338 e. The molecule has 32 heavy (non-hydrogen) atoms. The molecule has 3 aromatic rings. The molecule has 1 aromatic heterocycles. The first kappa shape index (κ1) is 22.5. The number of benzene rings is 2. The number of allylic oxidation sites excluding steroid dienone is 1. The lowest BCUT2D eigenvalue weighted by molar-refractivity contribution is -0.139. The molecule has 0 radical (unpaired) electrons. The molecule has 4 rings (SSSR count). The molecule has 0 amide bonds. The van der Waals surface area contributed by atoms with Crippen molar-refractivity contribution in [1.29, 1.82) is 0 Å². The average molecular weight is 534 g/mol. The van der Waals surface area contributed by atoms with Crippen LogP contribution >= 0.6 is 38.9 Å². The van der Waals surface area contributed by atoms with Gasteiger partial charge in [-0.2, -0.15) is 0 Å². The van der Waals surface area contributed by atoms with Crippen molar-refractivity contribution in [3.05, 3.63) is 94.0 Å². The van der Waals surface area contributed by atoms with E-state index in [1.807, 2.05) is 0 Å². The third-order valence-electron chi connectivity index (χ3n) is 4.98. The minimum Gasteiger partial charge on any atom is -0.507 e. The van der Waals surface area contributed by atoms with Crippen molar-refractivity contribution in [2.45, 2.75) is 19.9 Å². The first-order valence-corrected chi connectivity index (χ1v) is 11.7. The fourth-order valence-electron chi connectivity index (χ4n) is 3.53. The quantitative estimate of drug-likeness (QED) is 0.516. The van der Waals surface area contributed by atoms with Crippen molar-refractivity contribution in [3.63, 3.8) is 0 Å². The van der Waals surface area contributed by atoms with E-state index in [0.717, 1.165) is 4.47 Å². The summed E-state index contributed by atoms with van der Waals surface area (Å²) in [5, 5.41) is 10.7. The van der Waals surface area contributed by atoms with Crippen molar-refractivity contribution in [2.75, 3.05) is 6.61 Å². The van der Waals surface area contributed by atoms with E-state index in [1.165, 1.54) is 15.9 Å². The molecule has 1 atom stereocenters. The zero-order chi connectivity index (χ0) is 23.0. The third-order valence-corrected chi connectivity index (χ3v) is 6.71. The monoisotopic (exact) mass is 532 g/mol. The summed E-state index contributed by atoms with van der Waals surface area (Å²) < 4.78 is 7.92. The van der Waals surface area contributed by atoms with Crippen molar-refractivity contribution < 1.29 is 14.6 Å². The minimum absolute atomic E-state index is 0.0525. The van der Waals surface area contributed by atoms with E-state index < -0.39 is 12.0 Å². The lowest BCUT2D eigenvalue weighted by Crippen LogP contribution is -2.39. The Bertz CT molecular complexity index is 1420. The Balaban J connectivity index is 1.97. The number of esters is 1. The number of halogens is 2. The van der Waals surface area contributed by atoms with Crippen LogP contribution in [-0.4, -0.2) is 22.2 Å². The first-order chi connectivity index (χ1) is 15.3. The van der Waals surface area contributed by atoms with E-state index in [9.17, 15) is 14.7 Å². The average Bonchev–Trinajstić information content (AvgIpc) is 3.05. The zero-order valence-electron chi connectivity index (χ0n) is 17.1. The lowest BCUT2D eigenvalue weighted by atomic mass is 9.96. The van der Waals surface area contributed by atoms with Gasteiger partial charge in [-0.25, -0.2) is 9.79 Å². The molecular weight excluding hydrogens is 516 g/mol. The van der Waals surface area contributed by atoms with Crippen LogP contribution in [-0.2, 0) is 9.53 Å². The van der Waals surface area contributed by atoms with E-state index in [-0.39, 0.29) is 17.9 Å². The predicted molar refractivity (Wildman–Crippen MR) is 128 cm³/mol. The van der Waals surface area contributed by atoms with Crippen LogP contribution in [0.3, 0.4) is 0 Å². The number of carbonyl (C=O) groups is 1. The van der Waals surface area contributed by atoms with Crippen LogP contribution in [0.15, 0.2) is 68.0 Å². The second-order valence-electron chi connectivity index (χ2n) is 7.06. The lowest BCUT2D eigenvalue weighted by Gasteiger charge is -2.24. The molecule has 164 valence electrons. The van der Waals surface area contributed by atoms with Gasteiger partial charge < -0.3 is 9.84 Å². The summed E-state index contributed by atoms with van der Waals surface area (Å²) in [6.07, 6.45) is 1.62. The molecule has 6 nitrogen and oxygen atoms in total. The molecule has 0 aliphatic carbocycles. The number of phenols is 1. The van der Waals surface area contributed by atoms with Gasteiger partial charge in [-0.3, -0.25) is 9.36 Å². The van der Waals surface area contributed by atoms with Gasteiger partial charge in [-0.1, -0.05) is 51.0 Å². The molecule has 1 unspecified atom stereocenters. The number of aromatic hydroxyl groups is 1. The zero-order valence-corrected chi connectivity index (χ0v) is 20.3. The predicted octanol–water partition coefficient (Wildman–Crippen LogP) is 3.92. The number of ether oxygens (including phenoxy) is 1. The minimum atomic E-state index is -0.708. The van der Waals surface area contributed by atoms with Crippen LogP contribution in [0.5, 0.6) is 5.75 Å². The first-order valence-electron chi connectivity index (χ1n) is 9.73. The normalized spacial score (nSPS) is 16.0. The van der Waals surface area contributed by atoms with Crippen LogP contribution in [0.4, 0.5) is 0 Å². The van der Waals surface area contributed by atoms with Crippen LogP contribution in [0.25, 0.3) is 6.08 Å². The van der Waals surface area contributed by atoms with E-state index in [4.69, 9.17) is 16.3 Å². The van der Waals surface area contributed by atoms with Crippen LogP contribution in [0, 0.1) is 0 Å². The number of hydrogen-bond donors (Lipinski definition) is 1. The Kier molecular flexibility index (Phi) is 6.37. The van der Waals surface area contributed by atoms with Gasteiger partial charge in [0.2, 0.25) is 0 Å². The largest absolute Gasteiger partial charge is 0.507 e. The molecule has 1 aliphatic heterocycles. The number of rotatable bonds is 4. The molecule has 2 heterocycles. The smallest absolute Gasteiger partial charge is 0.338 e. The second kappa shape index (κ2) is 9.05. The van der Waals surface area contributed by atoms with E-state index in [2.05, 4.69) is 20.9 Å². The molecule has 0 saturated heterocycles. The summed E-state index contributed by atoms with van der Waals surface area (Å²) in [6.45, 7) is 3.66. The van der Waals surface area contributed by atoms with E-state index in [1.54, 1.807) is 62.4 Å². The topological polar surface area (TPSA) is 80.9 Å². The Morgan fingerprint density at radius 2 is 2.03 bits per heavy atom. The highest BCUT2D eigenvalue weighted by atomic mass is 79.9. The van der Waals surface area contributed by atoms with E-state index in [0.29, 0.717) is 36.8 Å². The van der Waals surface area contributed by atoms with Crippen LogP contribution in [0.1, 0.15) is 31.0 Å². The maximum atomic E-state index is 13.5. The van der Waals surface area contributed by atoms with Crippen molar-refractivity contribution in [3.8, 4) is 5.75 Å². The molecule has 0 fully saturated rings. The summed E-state index contributed by atoms with van der Waals surface area (Å²) >= 11 is 10.6. The van der Waals surface area contributed by atoms with Gasteiger partial charge in [-0.15, -0.1) is 0 Å². The molecule has 0 spiro atoms. The number of hydrogen-bond acceptors (Lipinski definition) is 6. The number of aromatic nitrogens is 1. The summed E-state index contributed by atoms with van der Waals surface area (Å²) in [6, 6.07) is 11.3.